The average molecular weight is 537 g/mol. The fourth-order valence-corrected chi connectivity index (χ4v) is 3.70. The number of oxazole rings is 1. The van der Waals surface area contributed by atoms with E-state index in [0.29, 0.717) is 28.5 Å². The van der Waals surface area contributed by atoms with Gasteiger partial charge >= 0.3 is 0 Å². The smallest absolute Gasteiger partial charge is 0.231 e. The van der Waals surface area contributed by atoms with Crippen molar-refractivity contribution >= 4 is 43.0 Å². The Morgan fingerprint density at radius 1 is 0.645 bits per heavy atom. The first-order chi connectivity index (χ1) is 15.1. The minimum atomic E-state index is 0.481. The summed E-state index contributed by atoms with van der Waals surface area (Å²) >= 11 is 6.94. The summed E-state index contributed by atoms with van der Waals surface area (Å²) in [5, 5.41) is 0. The molecule has 0 saturated carbocycles. The Morgan fingerprint density at radius 3 is 2.16 bits per heavy atom. The number of hydrogen-bond donors (Lipinski definition) is 0. The Hall–Kier alpha value is -3.09. The van der Waals surface area contributed by atoms with Gasteiger partial charge in [0.15, 0.2) is 5.58 Å². The lowest BCUT2D eigenvalue weighted by Gasteiger charge is -2.09. The molecule has 5 rings (SSSR count). The molecule has 4 aromatic carbocycles. The minimum Gasteiger partial charge on any atom is -0.457 e. The molecule has 0 fully saturated rings. The van der Waals surface area contributed by atoms with Gasteiger partial charge in [0.2, 0.25) is 5.89 Å². The SMILES string of the molecule is Brc1ccc(Oc2ccc3oc(-c4ccc(Br)cc4Oc4ccccc4)nc3c2)cc1. The van der Waals surface area contributed by atoms with Crippen LogP contribution in [0.15, 0.2) is 104 Å². The monoisotopic (exact) mass is 535 g/mol. The first kappa shape index (κ1) is 19.8. The summed E-state index contributed by atoms with van der Waals surface area (Å²) in [4.78, 5) is 4.68. The molecular formula is C25H15Br2NO3. The lowest BCUT2D eigenvalue weighted by atomic mass is 10.2. The summed E-state index contributed by atoms with van der Waals surface area (Å²) in [6.45, 7) is 0. The van der Waals surface area contributed by atoms with Crippen molar-refractivity contribution in [3.63, 3.8) is 0 Å². The van der Waals surface area contributed by atoms with Crippen molar-refractivity contribution in [3.05, 3.63) is 99.9 Å². The lowest BCUT2D eigenvalue weighted by molar-refractivity contribution is 0.480. The van der Waals surface area contributed by atoms with E-state index in [1.165, 1.54) is 0 Å². The van der Waals surface area contributed by atoms with E-state index in [-0.39, 0.29) is 0 Å². The van der Waals surface area contributed by atoms with E-state index >= 15 is 0 Å². The molecule has 0 spiro atoms. The number of fused-ring (bicyclic) bond motifs is 1. The van der Waals surface area contributed by atoms with E-state index < -0.39 is 0 Å². The Balaban J connectivity index is 1.48. The van der Waals surface area contributed by atoms with Gasteiger partial charge in [0.1, 0.15) is 28.5 Å². The molecule has 6 heteroatoms. The summed E-state index contributed by atoms with van der Waals surface area (Å²) < 4.78 is 20.0. The van der Waals surface area contributed by atoms with E-state index in [4.69, 9.17) is 13.9 Å². The number of hydrogen-bond acceptors (Lipinski definition) is 4. The van der Waals surface area contributed by atoms with Gasteiger partial charge in [-0.15, -0.1) is 0 Å². The van der Waals surface area contributed by atoms with Crippen molar-refractivity contribution < 1.29 is 13.9 Å². The molecule has 1 heterocycles. The van der Waals surface area contributed by atoms with Crippen molar-refractivity contribution in [1.82, 2.24) is 4.98 Å². The first-order valence-electron chi connectivity index (χ1n) is 9.51. The molecule has 0 amide bonds. The molecule has 1 aromatic heterocycles. The molecule has 0 radical (unpaired) electrons. The highest BCUT2D eigenvalue weighted by Gasteiger charge is 2.15. The van der Waals surface area contributed by atoms with Gasteiger partial charge in [-0.05, 0) is 66.7 Å². The van der Waals surface area contributed by atoms with Gasteiger partial charge in [-0.1, -0.05) is 50.1 Å². The number of halogens is 2. The molecule has 0 aliphatic carbocycles. The number of rotatable bonds is 5. The number of para-hydroxylation sites is 1. The van der Waals surface area contributed by atoms with E-state index in [9.17, 15) is 0 Å². The summed E-state index contributed by atoms with van der Waals surface area (Å²) in [5.74, 6) is 3.31. The standard InChI is InChI=1S/C25H15Br2NO3/c26-16-6-9-19(10-7-16)29-20-11-13-23-22(15-20)28-25(31-23)21-12-8-17(27)14-24(21)30-18-4-2-1-3-5-18/h1-15H. The maximum atomic E-state index is 6.09. The van der Waals surface area contributed by atoms with Crippen LogP contribution in [0.5, 0.6) is 23.0 Å². The van der Waals surface area contributed by atoms with Crippen molar-refractivity contribution in [1.29, 1.82) is 0 Å². The predicted molar refractivity (Wildman–Crippen MR) is 128 cm³/mol. The highest BCUT2D eigenvalue weighted by molar-refractivity contribution is 9.10. The van der Waals surface area contributed by atoms with Crippen LogP contribution in [-0.2, 0) is 0 Å². The van der Waals surface area contributed by atoms with E-state index in [1.54, 1.807) is 0 Å². The first-order valence-corrected chi connectivity index (χ1v) is 11.1. The molecule has 31 heavy (non-hydrogen) atoms. The zero-order valence-corrected chi connectivity index (χ0v) is 19.3. The third kappa shape index (κ3) is 4.50. The summed E-state index contributed by atoms with van der Waals surface area (Å²) in [6.07, 6.45) is 0. The van der Waals surface area contributed by atoms with Crippen molar-refractivity contribution in [2.45, 2.75) is 0 Å². The van der Waals surface area contributed by atoms with E-state index in [0.717, 1.165) is 26.0 Å². The lowest BCUT2D eigenvalue weighted by Crippen LogP contribution is -1.88. The maximum absolute atomic E-state index is 6.09. The predicted octanol–water partition coefficient (Wildman–Crippen LogP) is 8.60. The normalized spacial score (nSPS) is 10.9. The van der Waals surface area contributed by atoms with Crippen LogP contribution in [-0.4, -0.2) is 4.98 Å². The topological polar surface area (TPSA) is 44.5 Å². The summed E-state index contributed by atoms with van der Waals surface area (Å²) in [5.41, 5.74) is 2.14. The summed E-state index contributed by atoms with van der Waals surface area (Å²) in [7, 11) is 0. The van der Waals surface area contributed by atoms with Crippen LogP contribution < -0.4 is 9.47 Å². The molecule has 0 saturated heterocycles. The van der Waals surface area contributed by atoms with E-state index in [1.807, 2.05) is 91.0 Å². The van der Waals surface area contributed by atoms with Crippen LogP contribution in [0.1, 0.15) is 0 Å². The largest absolute Gasteiger partial charge is 0.457 e. The Bertz CT molecular complexity index is 1350. The second-order valence-electron chi connectivity index (χ2n) is 6.76. The highest BCUT2D eigenvalue weighted by Crippen LogP contribution is 2.37. The van der Waals surface area contributed by atoms with Crippen LogP contribution >= 0.6 is 31.9 Å². The van der Waals surface area contributed by atoms with Crippen molar-refractivity contribution in [2.24, 2.45) is 0 Å². The van der Waals surface area contributed by atoms with Crippen molar-refractivity contribution in [3.8, 4) is 34.5 Å². The zero-order valence-electron chi connectivity index (χ0n) is 16.1. The van der Waals surface area contributed by atoms with Gasteiger partial charge in [-0.3, -0.25) is 0 Å². The summed E-state index contributed by atoms with van der Waals surface area (Å²) in [6, 6.07) is 28.6. The van der Waals surface area contributed by atoms with E-state index in [2.05, 4.69) is 36.8 Å². The molecular weight excluding hydrogens is 522 g/mol. The molecule has 0 bridgehead atoms. The van der Waals surface area contributed by atoms with Crippen LogP contribution in [0.3, 0.4) is 0 Å². The van der Waals surface area contributed by atoms with Gasteiger partial charge < -0.3 is 13.9 Å². The quantitative estimate of drug-likeness (QED) is 0.225. The fraction of sp³-hybridized carbons (Fsp3) is 0. The van der Waals surface area contributed by atoms with Gasteiger partial charge in [0.25, 0.3) is 0 Å². The number of aromatic nitrogens is 1. The van der Waals surface area contributed by atoms with Gasteiger partial charge in [-0.2, -0.15) is 0 Å². The molecule has 152 valence electrons. The Morgan fingerprint density at radius 2 is 1.35 bits per heavy atom. The second kappa shape index (κ2) is 8.57. The molecule has 5 aromatic rings. The third-order valence-corrected chi connectivity index (χ3v) is 5.58. The van der Waals surface area contributed by atoms with Crippen LogP contribution in [0, 0.1) is 0 Å². The number of benzene rings is 4. The average Bonchev–Trinajstić information content (AvgIpc) is 3.19. The molecule has 0 atom stereocenters. The van der Waals surface area contributed by atoms with Crippen LogP contribution in [0.2, 0.25) is 0 Å². The Kier molecular flexibility index (Phi) is 5.49. The molecule has 0 unspecified atom stereocenters. The van der Waals surface area contributed by atoms with Gasteiger partial charge in [0.05, 0.1) is 5.56 Å². The second-order valence-corrected chi connectivity index (χ2v) is 8.59. The maximum Gasteiger partial charge on any atom is 0.231 e. The van der Waals surface area contributed by atoms with Gasteiger partial charge in [0, 0.05) is 15.0 Å². The molecule has 0 N–H and O–H groups in total. The zero-order chi connectivity index (χ0) is 21.2. The third-order valence-electron chi connectivity index (χ3n) is 4.55. The number of nitrogens with zero attached hydrogens (tertiary/aromatic N) is 1. The van der Waals surface area contributed by atoms with Crippen LogP contribution in [0.25, 0.3) is 22.6 Å². The molecule has 0 aliphatic heterocycles. The Labute approximate surface area is 195 Å². The fourth-order valence-electron chi connectivity index (χ4n) is 3.10. The van der Waals surface area contributed by atoms with Gasteiger partial charge in [-0.25, -0.2) is 4.98 Å². The minimum absolute atomic E-state index is 0.481. The van der Waals surface area contributed by atoms with Crippen molar-refractivity contribution in [2.75, 3.05) is 0 Å². The molecule has 4 nitrogen and oxygen atoms in total. The molecule has 0 aliphatic rings. The highest BCUT2D eigenvalue weighted by atomic mass is 79.9. The van der Waals surface area contributed by atoms with Crippen LogP contribution in [0.4, 0.5) is 0 Å². The number of ether oxygens (including phenoxy) is 2.